The summed E-state index contributed by atoms with van der Waals surface area (Å²) < 4.78 is 11.7. The SMILES string of the molecule is CCCCS(=O)C1CCC(=O)C1C. The van der Waals surface area contributed by atoms with E-state index in [1.54, 1.807) is 0 Å². The van der Waals surface area contributed by atoms with E-state index in [2.05, 4.69) is 6.92 Å². The minimum Gasteiger partial charge on any atom is -0.299 e. The van der Waals surface area contributed by atoms with Gasteiger partial charge in [-0.25, -0.2) is 0 Å². The van der Waals surface area contributed by atoms with Crippen LogP contribution in [-0.2, 0) is 15.6 Å². The molecule has 0 bridgehead atoms. The molecule has 13 heavy (non-hydrogen) atoms. The van der Waals surface area contributed by atoms with Gasteiger partial charge in [-0.1, -0.05) is 20.3 Å². The van der Waals surface area contributed by atoms with E-state index in [1.807, 2.05) is 6.92 Å². The highest BCUT2D eigenvalue weighted by Gasteiger charge is 2.34. The lowest BCUT2D eigenvalue weighted by atomic mass is 10.1. The number of unbranched alkanes of at least 4 members (excludes halogenated alkanes) is 1. The molecule has 0 spiro atoms. The molecule has 0 aromatic heterocycles. The molecule has 1 saturated carbocycles. The van der Waals surface area contributed by atoms with Crippen LogP contribution in [-0.4, -0.2) is 21.0 Å². The molecule has 2 nitrogen and oxygen atoms in total. The Morgan fingerprint density at radius 3 is 2.69 bits per heavy atom. The average molecular weight is 202 g/mol. The van der Waals surface area contributed by atoms with Gasteiger partial charge in [-0.2, -0.15) is 0 Å². The molecule has 0 heterocycles. The number of carbonyl (C=O) groups is 1. The van der Waals surface area contributed by atoms with Gasteiger partial charge in [0.05, 0.1) is 0 Å². The summed E-state index contributed by atoms with van der Waals surface area (Å²) in [7, 11) is -0.767. The van der Waals surface area contributed by atoms with Crippen LogP contribution >= 0.6 is 0 Å². The smallest absolute Gasteiger partial charge is 0.136 e. The summed E-state index contributed by atoms with van der Waals surface area (Å²) in [6.45, 7) is 4.02. The standard InChI is InChI=1S/C10H18O2S/c1-3-4-7-13(12)10-6-5-9(11)8(10)2/h8,10H,3-7H2,1-2H3. The van der Waals surface area contributed by atoms with E-state index in [9.17, 15) is 9.00 Å². The molecule has 76 valence electrons. The third-order valence-electron chi connectivity index (χ3n) is 2.78. The Kier molecular flexibility index (Phi) is 4.10. The number of hydrogen-bond donors (Lipinski definition) is 0. The summed E-state index contributed by atoms with van der Waals surface area (Å²) >= 11 is 0. The maximum atomic E-state index is 11.7. The fourth-order valence-electron chi connectivity index (χ4n) is 1.77. The zero-order valence-electron chi connectivity index (χ0n) is 8.41. The van der Waals surface area contributed by atoms with Gasteiger partial charge in [-0.15, -0.1) is 0 Å². The van der Waals surface area contributed by atoms with Crippen LogP contribution in [0.15, 0.2) is 0 Å². The van der Waals surface area contributed by atoms with E-state index in [1.165, 1.54) is 0 Å². The Morgan fingerprint density at radius 2 is 2.23 bits per heavy atom. The summed E-state index contributed by atoms with van der Waals surface area (Å²) in [5, 5.41) is 0.152. The highest BCUT2D eigenvalue weighted by Crippen LogP contribution is 2.26. The number of ketones is 1. The van der Waals surface area contributed by atoms with Crippen LogP contribution < -0.4 is 0 Å². The van der Waals surface area contributed by atoms with Gasteiger partial charge < -0.3 is 0 Å². The summed E-state index contributed by atoms with van der Waals surface area (Å²) in [6, 6.07) is 0. The Labute approximate surface area is 82.6 Å². The van der Waals surface area contributed by atoms with Gasteiger partial charge in [0, 0.05) is 34.1 Å². The van der Waals surface area contributed by atoms with Gasteiger partial charge >= 0.3 is 0 Å². The van der Waals surface area contributed by atoms with Crippen molar-refractivity contribution in [1.82, 2.24) is 0 Å². The molecule has 3 atom stereocenters. The van der Waals surface area contributed by atoms with Crippen LogP contribution in [0.1, 0.15) is 39.5 Å². The molecular formula is C10H18O2S. The molecule has 1 fully saturated rings. The zero-order chi connectivity index (χ0) is 9.84. The first-order chi connectivity index (χ1) is 6.16. The maximum Gasteiger partial charge on any atom is 0.136 e. The van der Waals surface area contributed by atoms with E-state index in [0.717, 1.165) is 25.0 Å². The molecule has 3 unspecified atom stereocenters. The van der Waals surface area contributed by atoms with Gasteiger partial charge in [0.2, 0.25) is 0 Å². The van der Waals surface area contributed by atoms with Crippen molar-refractivity contribution < 1.29 is 9.00 Å². The molecule has 1 aliphatic carbocycles. The largest absolute Gasteiger partial charge is 0.299 e. The molecule has 3 heteroatoms. The Hall–Kier alpha value is -0.180. The Balaban J connectivity index is 2.43. The molecule has 0 aromatic rings. The summed E-state index contributed by atoms with van der Waals surface area (Å²) in [5.41, 5.74) is 0. The number of rotatable bonds is 4. The molecule has 0 saturated heterocycles. The number of Topliss-reactive ketones (excluding diaryl/α,β-unsaturated/α-hetero) is 1. The summed E-state index contributed by atoms with van der Waals surface area (Å²) in [4.78, 5) is 11.2. The van der Waals surface area contributed by atoms with Crippen LogP contribution in [0.2, 0.25) is 0 Å². The maximum absolute atomic E-state index is 11.7. The summed E-state index contributed by atoms with van der Waals surface area (Å²) in [5.74, 6) is 1.12. The van der Waals surface area contributed by atoms with Crippen molar-refractivity contribution in [3.8, 4) is 0 Å². The highest BCUT2D eigenvalue weighted by molar-refractivity contribution is 7.85. The lowest BCUT2D eigenvalue weighted by molar-refractivity contribution is -0.120. The zero-order valence-corrected chi connectivity index (χ0v) is 9.23. The van der Waals surface area contributed by atoms with Gasteiger partial charge in [-0.05, 0) is 12.8 Å². The highest BCUT2D eigenvalue weighted by atomic mass is 32.2. The van der Waals surface area contributed by atoms with Gasteiger partial charge in [0.25, 0.3) is 0 Å². The average Bonchev–Trinajstić information content (AvgIpc) is 2.44. The van der Waals surface area contributed by atoms with Crippen LogP contribution in [0.3, 0.4) is 0 Å². The Bertz CT molecular complexity index is 213. The van der Waals surface area contributed by atoms with Crippen molar-refractivity contribution in [2.24, 2.45) is 5.92 Å². The Morgan fingerprint density at radius 1 is 1.54 bits per heavy atom. The second-order valence-electron chi connectivity index (χ2n) is 3.77. The van der Waals surface area contributed by atoms with E-state index < -0.39 is 10.8 Å². The van der Waals surface area contributed by atoms with E-state index in [-0.39, 0.29) is 11.2 Å². The van der Waals surface area contributed by atoms with Crippen molar-refractivity contribution in [3.05, 3.63) is 0 Å². The molecule has 0 aliphatic heterocycles. The normalized spacial score (nSPS) is 30.8. The monoisotopic (exact) mass is 202 g/mol. The lowest BCUT2D eigenvalue weighted by Crippen LogP contribution is -2.23. The van der Waals surface area contributed by atoms with Crippen molar-refractivity contribution in [1.29, 1.82) is 0 Å². The second-order valence-corrected chi connectivity index (χ2v) is 5.55. The van der Waals surface area contributed by atoms with Crippen molar-refractivity contribution in [2.75, 3.05) is 5.75 Å². The first-order valence-corrected chi connectivity index (χ1v) is 6.45. The second kappa shape index (κ2) is 4.89. The van der Waals surface area contributed by atoms with E-state index in [4.69, 9.17) is 0 Å². The molecule has 1 rings (SSSR count). The van der Waals surface area contributed by atoms with Crippen LogP contribution in [0, 0.1) is 5.92 Å². The van der Waals surface area contributed by atoms with Gasteiger partial charge in [0.1, 0.15) is 5.78 Å². The third kappa shape index (κ3) is 2.63. The van der Waals surface area contributed by atoms with E-state index >= 15 is 0 Å². The van der Waals surface area contributed by atoms with Gasteiger partial charge in [-0.3, -0.25) is 9.00 Å². The van der Waals surface area contributed by atoms with Crippen molar-refractivity contribution in [3.63, 3.8) is 0 Å². The number of hydrogen-bond acceptors (Lipinski definition) is 2. The lowest BCUT2D eigenvalue weighted by Gasteiger charge is -2.12. The van der Waals surface area contributed by atoms with Gasteiger partial charge in [0.15, 0.2) is 0 Å². The van der Waals surface area contributed by atoms with Crippen molar-refractivity contribution >= 4 is 16.6 Å². The first-order valence-electron chi connectivity index (χ1n) is 5.06. The van der Waals surface area contributed by atoms with Crippen LogP contribution in [0.4, 0.5) is 0 Å². The van der Waals surface area contributed by atoms with Crippen molar-refractivity contribution in [2.45, 2.75) is 44.8 Å². The minimum absolute atomic E-state index is 0.0395. The molecular weight excluding hydrogens is 184 g/mol. The predicted molar refractivity (Wildman–Crippen MR) is 55.1 cm³/mol. The van der Waals surface area contributed by atoms with E-state index in [0.29, 0.717) is 12.2 Å². The predicted octanol–water partition coefficient (Wildman–Crippen LogP) is 1.90. The third-order valence-corrected chi connectivity index (χ3v) is 4.79. The first kappa shape index (κ1) is 10.9. The quantitative estimate of drug-likeness (QED) is 0.698. The topological polar surface area (TPSA) is 34.1 Å². The van der Waals surface area contributed by atoms with Crippen LogP contribution in [0.5, 0.6) is 0 Å². The number of carbonyl (C=O) groups excluding carboxylic acids is 1. The van der Waals surface area contributed by atoms with Crippen LogP contribution in [0.25, 0.3) is 0 Å². The molecule has 0 radical (unpaired) electrons. The fourth-order valence-corrected chi connectivity index (χ4v) is 3.63. The fraction of sp³-hybridized carbons (Fsp3) is 0.900. The summed E-state index contributed by atoms with van der Waals surface area (Å²) in [6.07, 6.45) is 3.59. The molecule has 0 amide bonds. The minimum atomic E-state index is -0.767. The molecule has 0 N–H and O–H groups in total. The molecule has 1 aliphatic rings. The molecule has 0 aromatic carbocycles.